The predicted octanol–water partition coefficient (Wildman–Crippen LogP) is 3.49. The Morgan fingerprint density at radius 2 is 1.78 bits per heavy atom. The summed E-state index contributed by atoms with van der Waals surface area (Å²) in [5.41, 5.74) is 2.16. The molecule has 4 nitrogen and oxygen atoms in total. The van der Waals surface area contributed by atoms with Crippen LogP contribution in [0.4, 0.5) is 4.79 Å². The van der Waals surface area contributed by atoms with Crippen LogP contribution in [0.15, 0.2) is 60.7 Å². The first-order chi connectivity index (χ1) is 11.3. The minimum atomic E-state index is -0.373. The zero-order valence-electron chi connectivity index (χ0n) is 13.0. The Morgan fingerprint density at radius 3 is 2.52 bits per heavy atom. The van der Waals surface area contributed by atoms with Gasteiger partial charge in [-0.2, -0.15) is 0 Å². The monoisotopic (exact) mass is 311 g/mol. The summed E-state index contributed by atoms with van der Waals surface area (Å²) in [4.78, 5) is 12.1. The molecule has 1 amide bonds. The van der Waals surface area contributed by atoms with Crippen molar-refractivity contribution >= 4 is 6.09 Å². The third kappa shape index (κ3) is 4.33. The summed E-state index contributed by atoms with van der Waals surface area (Å²) in [6.07, 6.45) is 0.418. The van der Waals surface area contributed by atoms with Crippen molar-refractivity contribution < 1.29 is 14.3 Å². The van der Waals surface area contributed by atoms with Crippen molar-refractivity contribution in [2.75, 3.05) is 13.2 Å². The lowest BCUT2D eigenvalue weighted by Crippen LogP contribution is -2.44. The molecule has 1 saturated heterocycles. The van der Waals surface area contributed by atoms with E-state index in [1.807, 2.05) is 48.5 Å². The molecule has 1 aliphatic rings. The van der Waals surface area contributed by atoms with Gasteiger partial charge in [0.15, 0.2) is 0 Å². The topological polar surface area (TPSA) is 47.6 Å². The standard InChI is InChI=1S/C19H21NO3/c21-19(23-13-15-7-3-1-4-8-15)20-18-11-12-22-14-17(18)16-9-5-2-6-10-16/h1-10,17-18H,11-14H2,(H,20,21). The number of rotatable bonds is 4. The van der Waals surface area contributed by atoms with Gasteiger partial charge in [-0.3, -0.25) is 0 Å². The van der Waals surface area contributed by atoms with E-state index in [9.17, 15) is 4.79 Å². The van der Waals surface area contributed by atoms with Crippen molar-refractivity contribution in [3.8, 4) is 0 Å². The molecule has 2 aromatic rings. The number of hydrogen-bond donors (Lipinski definition) is 1. The van der Waals surface area contributed by atoms with Gasteiger partial charge in [-0.25, -0.2) is 4.79 Å². The average Bonchev–Trinajstić information content (AvgIpc) is 2.62. The summed E-state index contributed by atoms with van der Waals surface area (Å²) in [5.74, 6) is 0.161. The van der Waals surface area contributed by atoms with E-state index in [4.69, 9.17) is 9.47 Å². The van der Waals surface area contributed by atoms with Crippen molar-refractivity contribution in [1.82, 2.24) is 5.32 Å². The van der Waals surface area contributed by atoms with Crippen LogP contribution in [0.1, 0.15) is 23.5 Å². The largest absolute Gasteiger partial charge is 0.445 e. The van der Waals surface area contributed by atoms with E-state index in [0.717, 1.165) is 12.0 Å². The minimum absolute atomic E-state index is 0.0365. The molecule has 1 fully saturated rings. The van der Waals surface area contributed by atoms with Gasteiger partial charge in [-0.05, 0) is 17.5 Å². The molecular weight excluding hydrogens is 290 g/mol. The number of alkyl carbamates (subject to hydrolysis) is 1. The highest BCUT2D eigenvalue weighted by Crippen LogP contribution is 2.25. The molecule has 0 radical (unpaired) electrons. The van der Waals surface area contributed by atoms with Crippen LogP contribution >= 0.6 is 0 Å². The molecule has 1 aliphatic heterocycles. The average molecular weight is 311 g/mol. The van der Waals surface area contributed by atoms with Gasteiger partial charge in [0.25, 0.3) is 0 Å². The number of nitrogens with one attached hydrogen (secondary N) is 1. The third-order valence-electron chi connectivity index (χ3n) is 4.10. The van der Waals surface area contributed by atoms with Crippen molar-refractivity contribution in [1.29, 1.82) is 0 Å². The molecule has 0 aromatic heterocycles. The third-order valence-corrected chi connectivity index (χ3v) is 4.10. The zero-order chi connectivity index (χ0) is 15.9. The van der Waals surface area contributed by atoms with E-state index in [0.29, 0.717) is 13.2 Å². The summed E-state index contributed by atoms with van der Waals surface area (Å²) in [5, 5.41) is 3.00. The Bertz CT molecular complexity index is 615. The van der Waals surface area contributed by atoms with E-state index in [1.54, 1.807) is 0 Å². The van der Waals surface area contributed by atoms with Crippen LogP contribution in [-0.4, -0.2) is 25.3 Å². The summed E-state index contributed by atoms with van der Waals surface area (Å²) in [6.45, 7) is 1.56. The molecule has 120 valence electrons. The Hall–Kier alpha value is -2.33. The smallest absolute Gasteiger partial charge is 0.407 e. The van der Waals surface area contributed by atoms with Gasteiger partial charge in [-0.1, -0.05) is 60.7 Å². The van der Waals surface area contributed by atoms with Crippen LogP contribution in [0, 0.1) is 0 Å². The molecule has 2 unspecified atom stereocenters. The van der Waals surface area contributed by atoms with Gasteiger partial charge in [-0.15, -0.1) is 0 Å². The van der Waals surface area contributed by atoms with Crippen molar-refractivity contribution in [3.05, 3.63) is 71.8 Å². The van der Waals surface area contributed by atoms with Gasteiger partial charge < -0.3 is 14.8 Å². The van der Waals surface area contributed by atoms with E-state index in [1.165, 1.54) is 5.56 Å². The Morgan fingerprint density at radius 1 is 1.09 bits per heavy atom. The molecule has 23 heavy (non-hydrogen) atoms. The van der Waals surface area contributed by atoms with E-state index >= 15 is 0 Å². The fourth-order valence-corrected chi connectivity index (χ4v) is 2.86. The highest BCUT2D eigenvalue weighted by atomic mass is 16.5. The van der Waals surface area contributed by atoms with Gasteiger partial charge in [0.2, 0.25) is 0 Å². The minimum Gasteiger partial charge on any atom is -0.445 e. The first-order valence-electron chi connectivity index (χ1n) is 7.93. The Kier molecular flexibility index (Phi) is 5.27. The quantitative estimate of drug-likeness (QED) is 0.940. The fraction of sp³-hybridized carbons (Fsp3) is 0.316. The number of benzene rings is 2. The maximum atomic E-state index is 12.1. The molecule has 0 bridgehead atoms. The van der Waals surface area contributed by atoms with Crippen LogP contribution in [-0.2, 0) is 16.1 Å². The summed E-state index contributed by atoms with van der Waals surface area (Å²) in [7, 11) is 0. The van der Waals surface area contributed by atoms with Gasteiger partial charge in [0, 0.05) is 18.6 Å². The SMILES string of the molecule is O=C(NC1CCOCC1c1ccccc1)OCc1ccccc1. The highest BCUT2D eigenvalue weighted by molar-refractivity contribution is 5.67. The first kappa shape index (κ1) is 15.6. The highest BCUT2D eigenvalue weighted by Gasteiger charge is 2.28. The van der Waals surface area contributed by atoms with Crippen LogP contribution in [0.25, 0.3) is 0 Å². The lowest BCUT2D eigenvalue weighted by Gasteiger charge is -2.32. The summed E-state index contributed by atoms with van der Waals surface area (Å²) >= 11 is 0. The van der Waals surface area contributed by atoms with Crippen molar-refractivity contribution in [2.45, 2.75) is 25.0 Å². The molecule has 2 atom stereocenters. The van der Waals surface area contributed by atoms with Crippen LogP contribution in [0.2, 0.25) is 0 Å². The lowest BCUT2D eigenvalue weighted by atomic mass is 9.89. The molecular formula is C19H21NO3. The fourth-order valence-electron chi connectivity index (χ4n) is 2.86. The Balaban J connectivity index is 1.57. The maximum Gasteiger partial charge on any atom is 0.407 e. The second-order valence-corrected chi connectivity index (χ2v) is 5.69. The molecule has 3 rings (SSSR count). The summed E-state index contributed by atoms with van der Waals surface area (Å²) < 4.78 is 10.9. The van der Waals surface area contributed by atoms with Gasteiger partial charge >= 0.3 is 6.09 Å². The van der Waals surface area contributed by atoms with Crippen LogP contribution < -0.4 is 5.32 Å². The Labute approximate surface area is 136 Å². The van der Waals surface area contributed by atoms with E-state index in [-0.39, 0.29) is 24.7 Å². The van der Waals surface area contributed by atoms with Gasteiger partial charge in [0.05, 0.1) is 6.61 Å². The molecule has 1 N–H and O–H groups in total. The van der Waals surface area contributed by atoms with Crippen molar-refractivity contribution in [2.24, 2.45) is 0 Å². The molecule has 0 spiro atoms. The number of ether oxygens (including phenoxy) is 2. The van der Waals surface area contributed by atoms with Crippen LogP contribution in [0.3, 0.4) is 0 Å². The molecule has 4 heteroatoms. The van der Waals surface area contributed by atoms with E-state index in [2.05, 4.69) is 17.4 Å². The lowest BCUT2D eigenvalue weighted by molar-refractivity contribution is 0.0560. The summed E-state index contributed by atoms with van der Waals surface area (Å²) in [6, 6.07) is 19.9. The van der Waals surface area contributed by atoms with Crippen molar-refractivity contribution in [3.63, 3.8) is 0 Å². The second kappa shape index (κ2) is 7.79. The zero-order valence-corrected chi connectivity index (χ0v) is 13.0. The second-order valence-electron chi connectivity index (χ2n) is 5.69. The first-order valence-corrected chi connectivity index (χ1v) is 7.93. The van der Waals surface area contributed by atoms with Gasteiger partial charge in [0.1, 0.15) is 6.61 Å². The molecule has 0 aliphatic carbocycles. The predicted molar refractivity (Wildman–Crippen MR) is 88.2 cm³/mol. The number of hydrogen-bond acceptors (Lipinski definition) is 3. The van der Waals surface area contributed by atoms with E-state index < -0.39 is 0 Å². The molecule has 2 aromatic carbocycles. The normalized spacial score (nSPS) is 20.7. The number of amides is 1. The molecule has 1 heterocycles. The maximum absolute atomic E-state index is 12.1. The number of carbonyl (C=O) groups is 1. The molecule has 0 saturated carbocycles. The van der Waals surface area contributed by atoms with Crippen LogP contribution in [0.5, 0.6) is 0 Å². The number of carbonyl (C=O) groups excluding carboxylic acids is 1.